The van der Waals surface area contributed by atoms with Gasteiger partial charge >= 0.3 is 0 Å². The number of benzene rings is 1. The second-order valence-corrected chi connectivity index (χ2v) is 5.32. The highest BCUT2D eigenvalue weighted by atomic mass is 14.3. The van der Waals surface area contributed by atoms with Gasteiger partial charge in [0, 0.05) is 5.92 Å². The molecule has 0 aliphatic heterocycles. The van der Waals surface area contributed by atoms with Crippen molar-refractivity contribution in [1.29, 1.82) is 0 Å². The van der Waals surface area contributed by atoms with Gasteiger partial charge in [0.1, 0.15) is 0 Å². The Morgan fingerprint density at radius 1 is 1.06 bits per heavy atom. The van der Waals surface area contributed by atoms with Crippen LogP contribution in [0.2, 0.25) is 0 Å². The molecule has 0 spiro atoms. The van der Waals surface area contributed by atoms with Crippen LogP contribution < -0.4 is 0 Å². The molecular formula is C17H24. The van der Waals surface area contributed by atoms with Gasteiger partial charge in [-0.15, -0.1) is 0 Å². The summed E-state index contributed by atoms with van der Waals surface area (Å²) in [7, 11) is 0. The molecule has 0 fully saturated rings. The zero-order valence-electron chi connectivity index (χ0n) is 11.6. The number of hydrogen-bond acceptors (Lipinski definition) is 0. The van der Waals surface area contributed by atoms with Gasteiger partial charge in [0.2, 0.25) is 0 Å². The van der Waals surface area contributed by atoms with E-state index in [0.29, 0.717) is 5.92 Å². The van der Waals surface area contributed by atoms with E-state index in [0.717, 1.165) is 0 Å². The largest absolute Gasteiger partial charge is 0.0651 e. The summed E-state index contributed by atoms with van der Waals surface area (Å²) in [6.45, 7) is 9.15. The van der Waals surface area contributed by atoms with Crippen LogP contribution in [0, 0.1) is 6.92 Å². The van der Waals surface area contributed by atoms with Gasteiger partial charge in [0.05, 0.1) is 0 Å². The Kier molecular flexibility index (Phi) is 3.71. The molecule has 0 heterocycles. The molecule has 1 unspecified atom stereocenters. The molecule has 0 heteroatoms. The molecule has 2 rings (SSSR count). The molecular weight excluding hydrogens is 204 g/mol. The van der Waals surface area contributed by atoms with Crippen LogP contribution in [0.4, 0.5) is 0 Å². The van der Waals surface area contributed by atoms with Crippen LogP contribution >= 0.6 is 0 Å². The Morgan fingerprint density at radius 3 is 2.41 bits per heavy atom. The number of fused-ring (bicyclic) bond motifs is 1. The molecule has 17 heavy (non-hydrogen) atoms. The fourth-order valence-electron chi connectivity index (χ4n) is 3.11. The number of rotatable bonds is 4. The summed E-state index contributed by atoms with van der Waals surface area (Å²) in [5.41, 5.74) is 7.85. The molecule has 0 aromatic heterocycles. The first-order valence-electron chi connectivity index (χ1n) is 7.01. The van der Waals surface area contributed by atoms with E-state index in [2.05, 4.69) is 45.9 Å². The van der Waals surface area contributed by atoms with Crippen molar-refractivity contribution in [3.05, 3.63) is 40.5 Å². The molecule has 1 aromatic rings. The van der Waals surface area contributed by atoms with E-state index < -0.39 is 0 Å². The Hall–Kier alpha value is -1.04. The minimum atomic E-state index is 0.645. The summed E-state index contributed by atoms with van der Waals surface area (Å²) >= 11 is 0. The molecule has 0 nitrogen and oxygen atoms in total. The Bertz CT molecular complexity index is 437. The minimum absolute atomic E-state index is 0.645. The van der Waals surface area contributed by atoms with Gasteiger partial charge < -0.3 is 0 Å². The van der Waals surface area contributed by atoms with Crippen molar-refractivity contribution in [2.45, 2.75) is 59.3 Å². The zero-order chi connectivity index (χ0) is 12.4. The third-order valence-corrected chi connectivity index (χ3v) is 3.93. The standard InChI is InChI=1S/C17H24/c1-5-7-14-13(4)15-10-9-12(3)11-17(15)16(14)8-6-2/h9-11,13H,5-8H2,1-4H3. The molecule has 0 radical (unpaired) electrons. The Labute approximate surface area is 106 Å². The molecule has 1 atom stereocenters. The first-order chi connectivity index (χ1) is 8.19. The Balaban J connectivity index is 2.49. The molecule has 0 saturated heterocycles. The summed E-state index contributed by atoms with van der Waals surface area (Å²) in [5.74, 6) is 0.645. The van der Waals surface area contributed by atoms with E-state index in [1.165, 1.54) is 31.2 Å². The maximum atomic E-state index is 2.39. The fraction of sp³-hybridized carbons (Fsp3) is 0.529. The van der Waals surface area contributed by atoms with Crippen LogP contribution in [0.5, 0.6) is 0 Å². The lowest BCUT2D eigenvalue weighted by Gasteiger charge is -2.10. The molecule has 1 aliphatic rings. The van der Waals surface area contributed by atoms with Crippen molar-refractivity contribution in [2.24, 2.45) is 0 Å². The predicted octanol–water partition coefficient (Wildman–Crippen LogP) is 5.47. The fourth-order valence-corrected chi connectivity index (χ4v) is 3.11. The van der Waals surface area contributed by atoms with Gasteiger partial charge in [-0.2, -0.15) is 0 Å². The Morgan fingerprint density at radius 2 is 1.76 bits per heavy atom. The normalized spacial score (nSPS) is 18.7. The van der Waals surface area contributed by atoms with Crippen molar-refractivity contribution >= 4 is 5.57 Å². The van der Waals surface area contributed by atoms with Crippen LogP contribution in [0.15, 0.2) is 23.8 Å². The van der Waals surface area contributed by atoms with Crippen molar-refractivity contribution in [3.63, 3.8) is 0 Å². The second-order valence-electron chi connectivity index (χ2n) is 5.32. The van der Waals surface area contributed by atoms with Gasteiger partial charge in [0.15, 0.2) is 0 Å². The average molecular weight is 228 g/mol. The van der Waals surface area contributed by atoms with Crippen LogP contribution in [-0.4, -0.2) is 0 Å². The molecule has 92 valence electrons. The van der Waals surface area contributed by atoms with Crippen molar-refractivity contribution in [3.8, 4) is 0 Å². The molecule has 0 N–H and O–H groups in total. The predicted molar refractivity (Wildman–Crippen MR) is 76.3 cm³/mol. The number of aryl methyl sites for hydroxylation is 1. The van der Waals surface area contributed by atoms with Crippen LogP contribution in [0.3, 0.4) is 0 Å². The van der Waals surface area contributed by atoms with Gasteiger partial charge in [-0.3, -0.25) is 0 Å². The molecule has 0 bridgehead atoms. The summed E-state index contributed by atoms with van der Waals surface area (Å²) in [6.07, 6.45) is 5.03. The van der Waals surface area contributed by atoms with E-state index in [1.807, 2.05) is 0 Å². The van der Waals surface area contributed by atoms with E-state index >= 15 is 0 Å². The lowest BCUT2D eigenvalue weighted by molar-refractivity contribution is 0.795. The van der Waals surface area contributed by atoms with E-state index in [-0.39, 0.29) is 0 Å². The van der Waals surface area contributed by atoms with Gasteiger partial charge in [-0.1, -0.05) is 62.9 Å². The smallest absolute Gasteiger partial charge is 0.00318 e. The first kappa shape index (κ1) is 12.4. The molecule has 0 amide bonds. The molecule has 1 aliphatic carbocycles. The quantitative estimate of drug-likeness (QED) is 0.641. The van der Waals surface area contributed by atoms with Gasteiger partial charge in [0.25, 0.3) is 0 Å². The van der Waals surface area contributed by atoms with Crippen molar-refractivity contribution in [2.75, 3.05) is 0 Å². The SMILES string of the molecule is CCCC1=C(CCC)C(C)c2ccc(C)cc21. The summed E-state index contributed by atoms with van der Waals surface area (Å²) in [4.78, 5) is 0. The van der Waals surface area contributed by atoms with E-state index in [1.54, 1.807) is 22.3 Å². The second kappa shape index (κ2) is 5.08. The third kappa shape index (κ3) is 2.18. The number of allylic oxidation sites excluding steroid dienone is 2. The van der Waals surface area contributed by atoms with Crippen LogP contribution in [0.25, 0.3) is 5.57 Å². The minimum Gasteiger partial charge on any atom is -0.0651 e. The maximum Gasteiger partial charge on any atom is 0.00318 e. The summed E-state index contributed by atoms with van der Waals surface area (Å²) < 4.78 is 0. The molecule has 1 aromatic carbocycles. The highest BCUT2D eigenvalue weighted by molar-refractivity contribution is 5.78. The van der Waals surface area contributed by atoms with E-state index in [9.17, 15) is 0 Å². The topological polar surface area (TPSA) is 0 Å². The first-order valence-corrected chi connectivity index (χ1v) is 7.01. The summed E-state index contributed by atoms with van der Waals surface area (Å²) in [6, 6.07) is 6.99. The summed E-state index contributed by atoms with van der Waals surface area (Å²) in [5, 5.41) is 0. The van der Waals surface area contributed by atoms with Gasteiger partial charge in [-0.05, 0) is 36.5 Å². The highest BCUT2D eigenvalue weighted by Crippen LogP contribution is 2.45. The van der Waals surface area contributed by atoms with Crippen LogP contribution in [-0.2, 0) is 0 Å². The van der Waals surface area contributed by atoms with Crippen molar-refractivity contribution in [1.82, 2.24) is 0 Å². The average Bonchev–Trinajstić information content (AvgIpc) is 2.55. The van der Waals surface area contributed by atoms with Crippen LogP contribution in [0.1, 0.15) is 69.1 Å². The maximum absolute atomic E-state index is 2.39. The highest BCUT2D eigenvalue weighted by Gasteiger charge is 2.26. The third-order valence-electron chi connectivity index (χ3n) is 3.93. The molecule has 0 saturated carbocycles. The van der Waals surface area contributed by atoms with Gasteiger partial charge in [-0.25, -0.2) is 0 Å². The lowest BCUT2D eigenvalue weighted by Crippen LogP contribution is -1.93. The monoisotopic (exact) mass is 228 g/mol. The zero-order valence-corrected chi connectivity index (χ0v) is 11.6. The van der Waals surface area contributed by atoms with Crippen molar-refractivity contribution < 1.29 is 0 Å². The lowest BCUT2D eigenvalue weighted by atomic mass is 9.94. The number of hydrogen-bond donors (Lipinski definition) is 0. The van der Waals surface area contributed by atoms with E-state index in [4.69, 9.17) is 0 Å².